The maximum absolute atomic E-state index is 8.74. The van der Waals surface area contributed by atoms with Gasteiger partial charge in [0.1, 0.15) is 0 Å². The fourth-order valence-electron chi connectivity index (χ4n) is 0.641. The van der Waals surface area contributed by atoms with Crippen LogP contribution in [0, 0.1) is 0 Å². The highest BCUT2D eigenvalue weighted by molar-refractivity contribution is 4.76. The highest BCUT2D eigenvalue weighted by Crippen LogP contribution is 1.97. The molecule has 0 saturated carbocycles. The second-order valence-corrected chi connectivity index (χ2v) is 2.32. The van der Waals surface area contributed by atoms with Crippen LogP contribution in [0.25, 0.3) is 0 Å². The first-order chi connectivity index (χ1) is 4.22. The van der Waals surface area contributed by atoms with Gasteiger partial charge in [-0.3, -0.25) is 0 Å². The normalized spacial score (nSPS) is 13.8. The summed E-state index contributed by atoms with van der Waals surface area (Å²) in [6, 6.07) is 0.238. The Morgan fingerprint density at radius 3 is 2.33 bits per heavy atom. The second kappa shape index (κ2) is 4.53. The molecule has 0 aromatic rings. The first-order valence-corrected chi connectivity index (χ1v) is 3.10. The number of likely N-dealkylation sites (N-methyl/N-ethyl adjacent to an activating group) is 1. The first-order valence-electron chi connectivity index (χ1n) is 3.10. The molecule has 0 amide bonds. The summed E-state index contributed by atoms with van der Waals surface area (Å²) >= 11 is 0. The molecule has 0 fully saturated rings. The minimum atomic E-state index is 0.207. The average molecular weight is 129 g/mol. The van der Waals surface area contributed by atoms with Gasteiger partial charge in [0.25, 0.3) is 0 Å². The third-order valence-electron chi connectivity index (χ3n) is 1.38. The van der Waals surface area contributed by atoms with E-state index in [9.17, 15) is 0 Å². The van der Waals surface area contributed by atoms with Crippen LogP contribution in [0.15, 0.2) is 12.7 Å². The number of hydrogen-bond acceptors (Lipinski definition) is 2. The van der Waals surface area contributed by atoms with Crippen LogP contribution in [0.1, 0.15) is 6.42 Å². The van der Waals surface area contributed by atoms with Crippen molar-refractivity contribution in [2.45, 2.75) is 12.5 Å². The van der Waals surface area contributed by atoms with E-state index in [0.29, 0.717) is 0 Å². The lowest BCUT2D eigenvalue weighted by Gasteiger charge is -2.19. The van der Waals surface area contributed by atoms with E-state index in [4.69, 9.17) is 5.11 Å². The van der Waals surface area contributed by atoms with Crippen molar-refractivity contribution in [3.8, 4) is 0 Å². The number of aliphatic hydroxyl groups is 1. The van der Waals surface area contributed by atoms with Gasteiger partial charge in [-0.25, -0.2) is 0 Å². The number of rotatable bonds is 4. The molecular formula is C7H15NO. The Bertz CT molecular complexity index is 81.0. The lowest BCUT2D eigenvalue weighted by atomic mass is 10.2. The molecule has 1 atom stereocenters. The Kier molecular flexibility index (Phi) is 4.36. The van der Waals surface area contributed by atoms with Crippen molar-refractivity contribution in [2.24, 2.45) is 0 Å². The standard InChI is InChI=1S/C7H15NO/c1-4-5-7(6-9)8(2)3/h4,7,9H,1,5-6H2,2-3H3. The van der Waals surface area contributed by atoms with Crippen LogP contribution in [0.5, 0.6) is 0 Å². The summed E-state index contributed by atoms with van der Waals surface area (Å²) in [6.45, 7) is 3.80. The zero-order valence-electron chi connectivity index (χ0n) is 6.17. The Labute approximate surface area is 56.8 Å². The maximum atomic E-state index is 8.74. The van der Waals surface area contributed by atoms with Gasteiger partial charge in [-0.05, 0) is 20.5 Å². The molecule has 0 bridgehead atoms. The van der Waals surface area contributed by atoms with E-state index >= 15 is 0 Å². The molecule has 0 saturated heterocycles. The molecule has 0 aliphatic carbocycles. The number of nitrogens with zero attached hydrogens (tertiary/aromatic N) is 1. The molecule has 0 aliphatic heterocycles. The van der Waals surface area contributed by atoms with Gasteiger partial charge < -0.3 is 10.0 Å². The zero-order valence-corrected chi connectivity index (χ0v) is 6.17. The fraction of sp³-hybridized carbons (Fsp3) is 0.714. The van der Waals surface area contributed by atoms with Crippen LogP contribution in [-0.2, 0) is 0 Å². The van der Waals surface area contributed by atoms with Crippen LogP contribution < -0.4 is 0 Å². The van der Waals surface area contributed by atoms with Crippen molar-refractivity contribution in [1.82, 2.24) is 4.90 Å². The SMILES string of the molecule is C=CCC(CO)N(C)C. The van der Waals surface area contributed by atoms with Crippen LogP contribution >= 0.6 is 0 Å². The van der Waals surface area contributed by atoms with E-state index < -0.39 is 0 Å². The van der Waals surface area contributed by atoms with Crippen LogP contribution in [-0.4, -0.2) is 36.8 Å². The molecule has 0 heterocycles. The molecule has 2 nitrogen and oxygen atoms in total. The lowest BCUT2D eigenvalue weighted by molar-refractivity contribution is 0.171. The van der Waals surface area contributed by atoms with Gasteiger partial charge in [-0.1, -0.05) is 6.08 Å². The van der Waals surface area contributed by atoms with E-state index in [1.54, 1.807) is 0 Å². The summed E-state index contributed by atoms with van der Waals surface area (Å²) in [6.07, 6.45) is 2.67. The molecule has 1 unspecified atom stereocenters. The fourth-order valence-corrected chi connectivity index (χ4v) is 0.641. The predicted molar refractivity (Wildman–Crippen MR) is 39.4 cm³/mol. The van der Waals surface area contributed by atoms with Crippen molar-refractivity contribution in [3.63, 3.8) is 0 Å². The van der Waals surface area contributed by atoms with Gasteiger partial charge in [-0.2, -0.15) is 0 Å². The monoisotopic (exact) mass is 129 g/mol. The van der Waals surface area contributed by atoms with Crippen molar-refractivity contribution >= 4 is 0 Å². The molecule has 0 aromatic carbocycles. The third kappa shape index (κ3) is 3.27. The molecule has 0 aliphatic rings. The summed E-state index contributed by atoms with van der Waals surface area (Å²) in [5, 5.41) is 8.74. The highest BCUT2D eigenvalue weighted by atomic mass is 16.3. The smallest absolute Gasteiger partial charge is 0.0589 e. The predicted octanol–water partition coefficient (Wildman–Crippen LogP) is 0.485. The van der Waals surface area contributed by atoms with Gasteiger partial charge in [0.05, 0.1) is 6.61 Å². The Hall–Kier alpha value is -0.340. The van der Waals surface area contributed by atoms with Crippen molar-refractivity contribution in [1.29, 1.82) is 0 Å². The first kappa shape index (κ1) is 8.66. The zero-order chi connectivity index (χ0) is 7.28. The number of aliphatic hydroxyl groups excluding tert-OH is 1. The van der Waals surface area contributed by atoms with Gasteiger partial charge in [0.2, 0.25) is 0 Å². The molecule has 54 valence electrons. The summed E-state index contributed by atoms with van der Waals surface area (Å²) in [5.74, 6) is 0. The quantitative estimate of drug-likeness (QED) is 0.558. The van der Waals surface area contributed by atoms with Crippen LogP contribution in [0.4, 0.5) is 0 Å². The Morgan fingerprint density at radius 2 is 2.22 bits per heavy atom. The van der Waals surface area contributed by atoms with Gasteiger partial charge in [-0.15, -0.1) is 6.58 Å². The molecule has 1 N–H and O–H groups in total. The summed E-state index contributed by atoms with van der Waals surface area (Å²) < 4.78 is 0. The van der Waals surface area contributed by atoms with E-state index in [-0.39, 0.29) is 12.6 Å². The molecular weight excluding hydrogens is 114 g/mol. The summed E-state index contributed by atoms with van der Waals surface area (Å²) in [7, 11) is 3.90. The van der Waals surface area contributed by atoms with Crippen molar-refractivity contribution in [2.75, 3.05) is 20.7 Å². The average Bonchev–Trinajstić information content (AvgIpc) is 1.82. The summed E-state index contributed by atoms with van der Waals surface area (Å²) in [4.78, 5) is 1.99. The maximum Gasteiger partial charge on any atom is 0.0589 e. The van der Waals surface area contributed by atoms with Gasteiger partial charge in [0.15, 0.2) is 0 Å². The van der Waals surface area contributed by atoms with Crippen molar-refractivity contribution < 1.29 is 5.11 Å². The van der Waals surface area contributed by atoms with E-state index in [1.165, 1.54) is 0 Å². The molecule has 0 spiro atoms. The number of hydrogen-bond donors (Lipinski definition) is 1. The van der Waals surface area contributed by atoms with Gasteiger partial charge in [0, 0.05) is 6.04 Å². The summed E-state index contributed by atoms with van der Waals surface area (Å²) in [5.41, 5.74) is 0. The van der Waals surface area contributed by atoms with Gasteiger partial charge >= 0.3 is 0 Å². The van der Waals surface area contributed by atoms with E-state index in [0.717, 1.165) is 6.42 Å². The van der Waals surface area contributed by atoms with Crippen LogP contribution in [0.2, 0.25) is 0 Å². The highest BCUT2D eigenvalue weighted by Gasteiger charge is 2.05. The molecule has 2 heteroatoms. The Balaban J connectivity index is 3.53. The van der Waals surface area contributed by atoms with E-state index in [1.807, 2.05) is 25.1 Å². The lowest BCUT2D eigenvalue weighted by Crippen LogP contribution is -2.30. The Morgan fingerprint density at radius 1 is 1.67 bits per heavy atom. The largest absolute Gasteiger partial charge is 0.395 e. The third-order valence-corrected chi connectivity index (χ3v) is 1.38. The molecule has 9 heavy (non-hydrogen) atoms. The second-order valence-electron chi connectivity index (χ2n) is 2.32. The van der Waals surface area contributed by atoms with Crippen molar-refractivity contribution in [3.05, 3.63) is 12.7 Å². The molecule has 0 aromatic heterocycles. The molecule has 0 radical (unpaired) electrons. The minimum absolute atomic E-state index is 0.207. The topological polar surface area (TPSA) is 23.5 Å². The minimum Gasteiger partial charge on any atom is -0.395 e. The van der Waals surface area contributed by atoms with Crippen LogP contribution in [0.3, 0.4) is 0 Å². The molecule has 0 rings (SSSR count). The van der Waals surface area contributed by atoms with E-state index in [2.05, 4.69) is 6.58 Å².